The third-order valence-electron chi connectivity index (χ3n) is 5.85. The van der Waals surface area contributed by atoms with Gasteiger partial charge in [-0.2, -0.15) is 13.2 Å². The molecule has 1 fully saturated rings. The van der Waals surface area contributed by atoms with Gasteiger partial charge in [-0.15, -0.1) is 0 Å². The second-order valence-electron chi connectivity index (χ2n) is 8.92. The lowest BCUT2D eigenvalue weighted by atomic mass is 10.1. The molecule has 1 saturated carbocycles. The Kier molecular flexibility index (Phi) is 7.92. The van der Waals surface area contributed by atoms with E-state index < -0.39 is 62.1 Å². The molecule has 0 unspecified atom stereocenters. The number of benzene rings is 1. The van der Waals surface area contributed by atoms with E-state index in [4.69, 9.17) is 4.74 Å². The third kappa shape index (κ3) is 6.00. The van der Waals surface area contributed by atoms with Gasteiger partial charge >= 0.3 is 6.18 Å². The van der Waals surface area contributed by atoms with Crippen molar-refractivity contribution in [2.24, 2.45) is 0 Å². The molecule has 3 rings (SSSR count). The lowest BCUT2D eigenvalue weighted by molar-refractivity contribution is -0.138. The quantitative estimate of drug-likeness (QED) is 0.374. The molecule has 7 nitrogen and oxygen atoms in total. The summed E-state index contributed by atoms with van der Waals surface area (Å²) in [5.41, 5.74) is -4.95. The van der Waals surface area contributed by atoms with Crippen molar-refractivity contribution in [3.8, 4) is 0 Å². The van der Waals surface area contributed by atoms with Gasteiger partial charge in [-0.3, -0.25) is 14.1 Å². The van der Waals surface area contributed by atoms with Crippen LogP contribution in [0, 0.1) is 5.82 Å². The van der Waals surface area contributed by atoms with Crippen LogP contribution >= 0.6 is 15.9 Å². The number of anilines is 3. The van der Waals surface area contributed by atoms with Crippen molar-refractivity contribution in [3.05, 3.63) is 50.6 Å². The second-order valence-corrected chi connectivity index (χ2v) is 12.0. The van der Waals surface area contributed by atoms with Crippen LogP contribution < -0.4 is 15.6 Å². The summed E-state index contributed by atoms with van der Waals surface area (Å²) in [6, 6.07) is 3.58. The molecule has 0 saturated heterocycles. The monoisotopic (exact) mass is 583 g/mol. The van der Waals surface area contributed by atoms with Gasteiger partial charge in [0.2, 0.25) is 10.0 Å². The summed E-state index contributed by atoms with van der Waals surface area (Å²) in [7, 11) is -4.18. The fraction of sp³-hybridized carbons (Fsp3) is 0.500. The van der Waals surface area contributed by atoms with Crippen molar-refractivity contribution in [3.63, 3.8) is 0 Å². The van der Waals surface area contributed by atoms with Crippen LogP contribution in [0.3, 0.4) is 0 Å². The Hall–Kier alpha value is -2.12. The highest BCUT2D eigenvalue weighted by Crippen LogP contribution is 2.42. The Morgan fingerprint density at radius 2 is 1.83 bits per heavy atom. The van der Waals surface area contributed by atoms with E-state index >= 15 is 0 Å². The van der Waals surface area contributed by atoms with Crippen molar-refractivity contribution >= 4 is 43.0 Å². The summed E-state index contributed by atoms with van der Waals surface area (Å²) >= 11 is 3.07. The zero-order chi connectivity index (χ0) is 26.2. The van der Waals surface area contributed by atoms with Crippen LogP contribution in [0.1, 0.15) is 52.0 Å². The number of alkyl halides is 3. The average molecular weight is 584 g/mol. The molecule has 2 N–H and O–H groups in total. The Labute approximate surface area is 209 Å². The van der Waals surface area contributed by atoms with E-state index in [-0.39, 0.29) is 5.69 Å². The molecule has 0 bridgehead atoms. The number of nitrogens with one attached hydrogen (secondary N) is 2. The van der Waals surface area contributed by atoms with Crippen molar-refractivity contribution in [2.45, 2.75) is 70.2 Å². The fourth-order valence-electron chi connectivity index (χ4n) is 3.84. The molecule has 0 radical (unpaired) electrons. The van der Waals surface area contributed by atoms with Crippen molar-refractivity contribution in [1.29, 1.82) is 0 Å². The molecule has 1 aromatic carbocycles. The van der Waals surface area contributed by atoms with Crippen LogP contribution in [-0.2, 0) is 27.7 Å². The summed E-state index contributed by atoms with van der Waals surface area (Å²) < 4.78 is 90.8. The minimum absolute atomic E-state index is 0.328. The van der Waals surface area contributed by atoms with Gasteiger partial charge in [-0.1, -0.05) is 28.8 Å². The first kappa shape index (κ1) is 27.5. The minimum atomic E-state index is -5.19. The second kappa shape index (κ2) is 10.1. The number of hydrogen-bond donors (Lipinski definition) is 2. The summed E-state index contributed by atoms with van der Waals surface area (Å²) in [6.45, 7) is 4.24. The van der Waals surface area contributed by atoms with Gasteiger partial charge in [-0.05, 0) is 51.8 Å². The van der Waals surface area contributed by atoms with Crippen molar-refractivity contribution < 1.29 is 30.7 Å². The van der Waals surface area contributed by atoms with Crippen molar-refractivity contribution in [1.82, 2.24) is 4.57 Å². The first-order valence-corrected chi connectivity index (χ1v) is 13.1. The molecule has 1 aromatic heterocycles. The maximum absolute atomic E-state index is 14.5. The van der Waals surface area contributed by atoms with Gasteiger partial charge in [0.25, 0.3) is 5.56 Å². The van der Waals surface area contributed by atoms with E-state index in [0.29, 0.717) is 34.7 Å². The molecular formula is C22H26BrF4N3O4S. The molecule has 0 amide bonds. The zero-order valence-electron chi connectivity index (χ0n) is 19.3. The standard InChI is InChI=1S/C22H26BrF4N3O4S/c1-13(2)34-12-30-11-17(29-35(32,33)21(3)8-4-5-9-21)19(18(20(30)31)22(25,26)27)28-16-7-6-14(23)10-15(16)24/h6-7,10-11,13,28-29H,4-5,8-9,12H2,1-3H3. The van der Waals surface area contributed by atoms with E-state index in [1.54, 1.807) is 13.8 Å². The topological polar surface area (TPSA) is 89.4 Å². The van der Waals surface area contributed by atoms with Gasteiger partial charge in [-0.25, -0.2) is 12.8 Å². The van der Waals surface area contributed by atoms with Crippen LogP contribution in [0.5, 0.6) is 0 Å². The number of sulfonamides is 1. The normalized spacial score (nSPS) is 16.0. The van der Waals surface area contributed by atoms with Crippen LogP contribution in [-0.4, -0.2) is 23.8 Å². The molecule has 1 aliphatic carbocycles. The molecule has 1 aliphatic rings. The molecular weight excluding hydrogens is 558 g/mol. The predicted molar refractivity (Wildman–Crippen MR) is 129 cm³/mol. The number of rotatable bonds is 8. The van der Waals surface area contributed by atoms with Crippen LogP contribution in [0.2, 0.25) is 0 Å². The first-order valence-electron chi connectivity index (χ1n) is 10.9. The van der Waals surface area contributed by atoms with E-state index in [0.717, 1.165) is 12.3 Å². The fourth-order valence-corrected chi connectivity index (χ4v) is 5.69. The number of pyridine rings is 1. The predicted octanol–water partition coefficient (Wildman–Crippen LogP) is 5.97. The Morgan fingerprint density at radius 3 is 2.37 bits per heavy atom. The summed E-state index contributed by atoms with van der Waals surface area (Å²) in [5, 5.41) is 2.30. The van der Waals surface area contributed by atoms with Gasteiger partial charge in [0.1, 0.15) is 18.1 Å². The minimum Gasteiger partial charge on any atom is -0.358 e. The Morgan fingerprint density at radius 1 is 1.20 bits per heavy atom. The lowest BCUT2D eigenvalue weighted by Crippen LogP contribution is -2.38. The van der Waals surface area contributed by atoms with E-state index in [1.807, 2.05) is 0 Å². The maximum atomic E-state index is 14.5. The SMILES string of the molecule is CC(C)OCn1cc(NS(=O)(=O)C2(C)CCCC2)c(Nc2ccc(Br)cc2F)c(C(F)(F)F)c1=O. The number of nitrogens with zero attached hydrogens (tertiary/aromatic N) is 1. The highest BCUT2D eigenvalue weighted by atomic mass is 79.9. The Bertz CT molecular complexity index is 1260. The summed E-state index contributed by atoms with van der Waals surface area (Å²) in [6.07, 6.45) is -2.70. The number of hydrogen-bond acceptors (Lipinski definition) is 5. The van der Waals surface area contributed by atoms with Gasteiger partial charge < -0.3 is 10.1 Å². The molecule has 2 aromatic rings. The van der Waals surface area contributed by atoms with Gasteiger partial charge in [0, 0.05) is 10.7 Å². The third-order valence-corrected chi connectivity index (χ3v) is 8.54. The highest BCUT2D eigenvalue weighted by Gasteiger charge is 2.44. The lowest BCUT2D eigenvalue weighted by Gasteiger charge is -2.27. The number of halogens is 5. The van der Waals surface area contributed by atoms with E-state index in [1.165, 1.54) is 19.1 Å². The summed E-state index contributed by atoms with van der Waals surface area (Å²) in [5.74, 6) is -0.906. The average Bonchev–Trinajstić information content (AvgIpc) is 3.18. The summed E-state index contributed by atoms with van der Waals surface area (Å²) in [4.78, 5) is 12.9. The molecule has 1 heterocycles. The molecule has 0 aliphatic heterocycles. The van der Waals surface area contributed by atoms with E-state index in [9.17, 15) is 30.8 Å². The molecule has 194 valence electrons. The van der Waals surface area contributed by atoms with Crippen LogP contribution in [0.4, 0.5) is 34.6 Å². The molecule has 0 atom stereocenters. The molecule has 35 heavy (non-hydrogen) atoms. The maximum Gasteiger partial charge on any atom is 0.423 e. The van der Waals surface area contributed by atoms with Gasteiger partial charge in [0.05, 0.1) is 27.9 Å². The highest BCUT2D eigenvalue weighted by molar-refractivity contribution is 9.10. The van der Waals surface area contributed by atoms with Crippen LogP contribution in [0.25, 0.3) is 0 Å². The first-order chi connectivity index (χ1) is 16.1. The molecule has 0 spiro atoms. The number of ether oxygens (including phenoxy) is 1. The zero-order valence-corrected chi connectivity index (χ0v) is 21.7. The van der Waals surface area contributed by atoms with Crippen molar-refractivity contribution in [2.75, 3.05) is 10.0 Å². The van der Waals surface area contributed by atoms with Gasteiger partial charge in [0.15, 0.2) is 0 Å². The van der Waals surface area contributed by atoms with E-state index in [2.05, 4.69) is 26.0 Å². The smallest absolute Gasteiger partial charge is 0.358 e. The molecule has 13 heteroatoms. The Balaban J connectivity index is 2.24. The largest absolute Gasteiger partial charge is 0.423 e. The van der Waals surface area contributed by atoms with Crippen LogP contribution in [0.15, 0.2) is 33.7 Å². The number of aromatic nitrogens is 1.